The van der Waals surface area contributed by atoms with Crippen molar-refractivity contribution in [3.05, 3.63) is 0 Å². The second kappa shape index (κ2) is 6.51. The minimum Gasteiger partial charge on any atom is -0.356 e. The van der Waals surface area contributed by atoms with Gasteiger partial charge in [0.2, 0.25) is 5.91 Å². The Hall–Kier alpha value is -0.610. The van der Waals surface area contributed by atoms with Gasteiger partial charge in [0.15, 0.2) is 0 Å². The van der Waals surface area contributed by atoms with Crippen molar-refractivity contribution in [3.63, 3.8) is 0 Å². The average Bonchev–Trinajstić information content (AvgIpc) is 1.87. The Labute approximate surface area is 60.9 Å². The maximum absolute atomic E-state index is 10.3. The zero-order chi connectivity index (χ0) is 7.82. The highest BCUT2D eigenvalue weighted by Crippen LogP contribution is 1.72. The molecular formula is C6H14N2O2. The van der Waals surface area contributed by atoms with E-state index in [4.69, 9.17) is 0 Å². The van der Waals surface area contributed by atoms with E-state index in [-0.39, 0.29) is 5.91 Å². The molecule has 0 atom stereocenters. The third kappa shape index (κ3) is 7.39. The van der Waals surface area contributed by atoms with Gasteiger partial charge in [-0.2, -0.15) is 0 Å². The normalized spacial score (nSPS) is 9.40. The molecule has 0 aromatic heterocycles. The van der Waals surface area contributed by atoms with Crippen molar-refractivity contribution in [1.29, 1.82) is 0 Å². The molecule has 0 aromatic rings. The molecule has 1 amide bonds. The zero-order valence-corrected chi connectivity index (χ0v) is 6.44. The van der Waals surface area contributed by atoms with Gasteiger partial charge in [-0.1, -0.05) is 0 Å². The predicted octanol–water partition coefficient (Wildman–Crippen LogP) is -0.336. The Balaban J connectivity index is 2.84. The van der Waals surface area contributed by atoms with E-state index in [0.29, 0.717) is 6.54 Å². The number of hydroxylamine groups is 1. The van der Waals surface area contributed by atoms with Crippen molar-refractivity contribution < 1.29 is 9.63 Å². The molecule has 4 nitrogen and oxygen atoms in total. The lowest BCUT2D eigenvalue weighted by molar-refractivity contribution is -0.118. The van der Waals surface area contributed by atoms with E-state index in [0.717, 1.165) is 13.0 Å². The van der Waals surface area contributed by atoms with Crippen LogP contribution in [0.5, 0.6) is 0 Å². The second-order valence-electron chi connectivity index (χ2n) is 1.93. The molecule has 60 valence electrons. The van der Waals surface area contributed by atoms with Gasteiger partial charge in [-0.25, -0.2) is 5.48 Å². The molecule has 0 radical (unpaired) electrons. The number of amides is 1. The molecule has 0 aliphatic heterocycles. The molecule has 0 rings (SSSR count). The van der Waals surface area contributed by atoms with Gasteiger partial charge in [-0.3, -0.25) is 4.79 Å². The first-order valence-corrected chi connectivity index (χ1v) is 3.27. The van der Waals surface area contributed by atoms with E-state index in [1.165, 1.54) is 6.92 Å². The van der Waals surface area contributed by atoms with Gasteiger partial charge in [-0.15, -0.1) is 0 Å². The monoisotopic (exact) mass is 146 g/mol. The summed E-state index contributed by atoms with van der Waals surface area (Å²) in [6.45, 7) is 2.96. The summed E-state index contributed by atoms with van der Waals surface area (Å²) in [6, 6.07) is 0. The van der Waals surface area contributed by atoms with Crippen molar-refractivity contribution >= 4 is 5.91 Å². The maximum Gasteiger partial charge on any atom is 0.216 e. The highest BCUT2D eigenvalue weighted by atomic mass is 16.6. The molecule has 0 aromatic carbocycles. The highest BCUT2D eigenvalue weighted by molar-refractivity contribution is 5.72. The SMILES string of the molecule is CONCCCNC(C)=O. The molecular weight excluding hydrogens is 132 g/mol. The van der Waals surface area contributed by atoms with Gasteiger partial charge in [-0.05, 0) is 6.42 Å². The fraction of sp³-hybridized carbons (Fsp3) is 0.833. The van der Waals surface area contributed by atoms with E-state index in [2.05, 4.69) is 15.6 Å². The lowest BCUT2D eigenvalue weighted by Gasteiger charge is -2.01. The van der Waals surface area contributed by atoms with Crippen LogP contribution in [-0.4, -0.2) is 26.1 Å². The highest BCUT2D eigenvalue weighted by Gasteiger charge is 1.88. The zero-order valence-electron chi connectivity index (χ0n) is 6.44. The third-order valence-corrected chi connectivity index (χ3v) is 0.974. The van der Waals surface area contributed by atoms with E-state index in [9.17, 15) is 4.79 Å². The van der Waals surface area contributed by atoms with Crippen LogP contribution < -0.4 is 10.8 Å². The summed E-state index contributed by atoms with van der Waals surface area (Å²) in [4.78, 5) is 14.9. The summed E-state index contributed by atoms with van der Waals surface area (Å²) in [7, 11) is 1.57. The minimum atomic E-state index is 0.0115. The fourth-order valence-electron chi connectivity index (χ4n) is 0.527. The standard InChI is InChI=1S/C6H14N2O2/c1-6(9)7-4-3-5-8-10-2/h8H,3-5H2,1-2H3,(H,7,9). The van der Waals surface area contributed by atoms with Crippen LogP contribution in [0, 0.1) is 0 Å². The van der Waals surface area contributed by atoms with Gasteiger partial charge < -0.3 is 10.2 Å². The second-order valence-corrected chi connectivity index (χ2v) is 1.93. The van der Waals surface area contributed by atoms with Crippen molar-refractivity contribution in [1.82, 2.24) is 10.8 Å². The van der Waals surface area contributed by atoms with Crippen LogP contribution in [-0.2, 0) is 9.63 Å². The number of nitrogens with one attached hydrogen (secondary N) is 2. The Kier molecular flexibility index (Phi) is 6.11. The number of hydrogen-bond acceptors (Lipinski definition) is 3. The number of rotatable bonds is 5. The van der Waals surface area contributed by atoms with Crippen LogP contribution in [0.4, 0.5) is 0 Å². The van der Waals surface area contributed by atoms with Crippen LogP contribution in [0.2, 0.25) is 0 Å². The number of hydrogen-bond donors (Lipinski definition) is 2. The summed E-state index contributed by atoms with van der Waals surface area (Å²) in [5.41, 5.74) is 2.67. The van der Waals surface area contributed by atoms with Crippen molar-refractivity contribution in [2.45, 2.75) is 13.3 Å². The molecule has 0 heterocycles. The molecule has 0 aliphatic carbocycles. The van der Waals surface area contributed by atoms with Crippen LogP contribution >= 0.6 is 0 Å². The Bertz CT molecular complexity index is 95.7. The fourth-order valence-corrected chi connectivity index (χ4v) is 0.527. The number of carbonyl (C=O) groups is 1. The van der Waals surface area contributed by atoms with E-state index < -0.39 is 0 Å². The lowest BCUT2D eigenvalue weighted by atomic mass is 10.4. The maximum atomic E-state index is 10.3. The third-order valence-electron chi connectivity index (χ3n) is 0.974. The quantitative estimate of drug-likeness (QED) is 0.412. The first kappa shape index (κ1) is 9.39. The average molecular weight is 146 g/mol. The van der Waals surface area contributed by atoms with Gasteiger partial charge >= 0.3 is 0 Å². The van der Waals surface area contributed by atoms with Gasteiger partial charge in [0.05, 0.1) is 7.11 Å². The van der Waals surface area contributed by atoms with Crippen molar-refractivity contribution in [2.75, 3.05) is 20.2 Å². The predicted molar refractivity (Wildman–Crippen MR) is 38.3 cm³/mol. The molecule has 0 fully saturated rings. The Morgan fingerprint density at radius 1 is 1.50 bits per heavy atom. The van der Waals surface area contributed by atoms with E-state index >= 15 is 0 Å². The Morgan fingerprint density at radius 3 is 2.70 bits per heavy atom. The Morgan fingerprint density at radius 2 is 2.20 bits per heavy atom. The van der Waals surface area contributed by atoms with Crippen molar-refractivity contribution in [3.8, 4) is 0 Å². The molecule has 4 heteroatoms. The molecule has 0 spiro atoms. The summed E-state index contributed by atoms with van der Waals surface area (Å²) in [5.74, 6) is 0.0115. The number of carbonyl (C=O) groups excluding carboxylic acids is 1. The van der Waals surface area contributed by atoms with Crippen molar-refractivity contribution in [2.24, 2.45) is 0 Å². The summed E-state index contributed by atoms with van der Waals surface area (Å²) < 4.78 is 0. The first-order valence-electron chi connectivity index (χ1n) is 3.27. The van der Waals surface area contributed by atoms with Crippen LogP contribution in [0.3, 0.4) is 0 Å². The first-order chi connectivity index (χ1) is 4.77. The topological polar surface area (TPSA) is 50.4 Å². The minimum absolute atomic E-state index is 0.0115. The largest absolute Gasteiger partial charge is 0.356 e. The lowest BCUT2D eigenvalue weighted by Crippen LogP contribution is -2.24. The molecule has 0 unspecified atom stereocenters. The molecule has 10 heavy (non-hydrogen) atoms. The molecule has 0 saturated carbocycles. The molecule has 0 saturated heterocycles. The smallest absolute Gasteiger partial charge is 0.216 e. The van der Waals surface area contributed by atoms with Crippen LogP contribution in [0.25, 0.3) is 0 Å². The van der Waals surface area contributed by atoms with Crippen LogP contribution in [0.15, 0.2) is 0 Å². The van der Waals surface area contributed by atoms with Gasteiger partial charge in [0.25, 0.3) is 0 Å². The van der Waals surface area contributed by atoms with Gasteiger partial charge in [0.1, 0.15) is 0 Å². The van der Waals surface area contributed by atoms with E-state index in [1.54, 1.807) is 7.11 Å². The van der Waals surface area contributed by atoms with Gasteiger partial charge in [0, 0.05) is 20.0 Å². The summed E-state index contributed by atoms with van der Waals surface area (Å²) in [6.07, 6.45) is 0.882. The van der Waals surface area contributed by atoms with Crippen LogP contribution in [0.1, 0.15) is 13.3 Å². The summed E-state index contributed by atoms with van der Waals surface area (Å²) in [5, 5.41) is 2.67. The summed E-state index contributed by atoms with van der Waals surface area (Å²) >= 11 is 0. The van der Waals surface area contributed by atoms with E-state index in [1.807, 2.05) is 0 Å². The molecule has 0 aliphatic rings. The molecule has 0 bridgehead atoms. The molecule has 2 N–H and O–H groups in total.